The molecule has 2 N–H and O–H groups in total. The molecular weight excluding hydrogens is 382 g/mol. The molecule has 1 aromatic carbocycles. The molecule has 1 saturated carbocycles. The summed E-state index contributed by atoms with van der Waals surface area (Å²) in [6, 6.07) is 6.50. The standard InChI is InChI=1S/C20H24ClN3O4/c1-18(15(26)23-22-14(25)12-7-5-6-8-13(12)21)9-19(2)11-20(3,10-18)17(28)24(4)16(19)27/h5-8H,9-11H2,1-4H3,(H,22,25)(H,23,26). The molecule has 28 heavy (non-hydrogen) atoms. The molecule has 0 spiro atoms. The quantitative estimate of drug-likeness (QED) is 0.583. The van der Waals surface area contributed by atoms with E-state index in [0.717, 1.165) is 0 Å². The van der Waals surface area contributed by atoms with Gasteiger partial charge in [-0.3, -0.25) is 34.9 Å². The molecule has 3 rings (SSSR count). The Morgan fingerprint density at radius 2 is 1.50 bits per heavy atom. The third-order valence-electron chi connectivity index (χ3n) is 5.94. The Kier molecular flexibility index (Phi) is 4.78. The zero-order chi connectivity index (χ0) is 20.9. The fourth-order valence-electron chi connectivity index (χ4n) is 5.11. The van der Waals surface area contributed by atoms with Gasteiger partial charge in [-0.05, 0) is 31.4 Å². The number of carbonyl (C=O) groups is 4. The number of piperidine rings is 1. The van der Waals surface area contributed by atoms with Gasteiger partial charge >= 0.3 is 0 Å². The van der Waals surface area contributed by atoms with Crippen LogP contribution in [0.5, 0.6) is 0 Å². The van der Waals surface area contributed by atoms with E-state index in [1.807, 2.05) is 0 Å². The number of hydrogen-bond donors (Lipinski definition) is 2. The van der Waals surface area contributed by atoms with Gasteiger partial charge in [-0.15, -0.1) is 0 Å². The van der Waals surface area contributed by atoms with Crippen molar-refractivity contribution in [1.82, 2.24) is 15.8 Å². The number of hydrazine groups is 1. The van der Waals surface area contributed by atoms with Gasteiger partial charge < -0.3 is 0 Å². The van der Waals surface area contributed by atoms with E-state index in [9.17, 15) is 19.2 Å². The Morgan fingerprint density at radius 1 is 0.964 bits per heavy atom. The van der Waals surface area contributed by atoms with Crippen LogP contribution in [0.2, 0.25) is 5.02 Å². The Bertz CT molecular complexity index is 856. The monoisotopic (exact) mass is 405 g/mol. The van der Waals surface area contributed by atoms with Crippen molar-refractivity contribution in [3.8, 4) is 0 Å². The van der Waals surface area contributed by atoms with Gasteiger partial charge in [0.1, 0.15) is 0 Å². The van der Waals surface area contributed by atoms with E-state index in [4.69, 9.17) is 11.6 Å². The van der Waals surface area contributed by atoms with Crippen molar-refractivity contribution in [3.63, 3.8) is 0 Å². The average molecular weight is 406 g/mol. The summed E-state index contributed by atoms with van der Waals surface area (Å²) in [6.07, 6.45) is 0.997. The SMILES string of the molecule is CN1C(=O)C2(C)CC(C)(C(=O)NNC(=O)c3ccccc3Cl)CC(C)(C2)C1=O. The highest BCUT2D eigenvalue weighted by Crippen LogP contribution is 2.58. The van der Waals surface area contributed by atoms with Crippen molar-refractivity contribution in [2.45, 2.75) is 40.0 Å². The predicted molar refractivity (Wildman–Crippen MR) is 103 cm³/mol. The van der Waals surface area contributed by atoms with Gasteiger partial charge in [0.25, 0.3) is 5.91 Å². The van der Waals surface area contributed by atoms with Crippen LogP contribution in [-0.2, 0) is 14.4 Å². The number of likely N-dealkylation sites (tertiary alicyclic amines) is 1. The van der Waals surface area contributed by atoms with Gasteiger partial charge in [-0.2, -0.15) is 0 Å². The molecule has 2 fully saturated rings. The molecule has 2 atom stereocenters. The summed E-state index contributed by atoms with van der Waals surface area (Å²) < 4.78 is 0. The van der Waals surface area contributed by atoms with Gasteiger partial charge in [0.15, 0.2) is 0 Å². The first-order valence-corrected chi connectivity index (χ1v) is 9.48. The Hall–Kier alpha value is -2.41. The lowest BCUT2D eigenvalue weighted by atomic mass is 9.51. The number of fused-ring (bicyclic) bond motifs is 2. The molecule has 2 aliphatic rings. The van der Waals surface area contributed by atoms with E-state index in [1.165, 1.54) is 11.9 Å². The molecule has 2 bridgehead atoms. The van der Waals surface area contributed by atoms with E-state index in [1.54, 1.807) is 45.0 Å². The average Bonchev–Trinajstić information content (AvgIpc) is 2.62. The third kappa shape index (κ3) is 3.17. The first-order chi connectivity index (χ1) is 12.9. The molecule has 150 valence electrons. The topological polar surface area (TPSA) is 95.6 Å². The molecule has 1 heterocycles. The van der Waals surface area contributed by atoms with Gasteiger partial charge in [0.05, 0.1) is 16.0 Å². The molecule has 8 heteroatoms. The van der Waals surface area contributed by atoms with Crippen LogP contribution in [0.4, 0.5) is 0 Å². The van der Waals surface area contributed by atoms with Crippen LogP contribution >= 0.6 is 11.6 Å². The van der Waals surface area contributed by atoms with E-state index in [0.29, 0.717) is 19.3 Å². The summed E-state index contributed by atoms with van der Waals surface area (Å²) in [5.74, 6) is -1.51. The number of amides is 4. The van der Waals surface area contributed by atoms with Crippen LogP contribution in [0.15, 0.2) is 24.3 Å². The fraction of sp³-hybridized carbons (Fsp3) is 0.500. The van der Waals surface area contributed by atoms with Crippen molar-refractivity contribution in [3.05, 3.63) is 34.9 Å². The number of imide groups is 1. The minimum absolute atomic E-state index is 0.237. The molecule has 1 aromatic rings. The van der Waals surface area contributed by atoms with Crippen molar-refractivity contribution in [1.29, 1.82) is 0 Å². The van der Waals surface area contributed by atoms with Gasteiger partial charge in [0, 0.05) is 17.9 Å². The Balaban J connectivity index is 1.78. The number of halogens is 1. The predicted octanol–water partition coefficient (Wildman–Crippen LogP) is 2.30. The van der Waals surface area contributed by atoms with Gasteiger partial charge in [0.2, 0.25) is 17.7 Å². The molecular formula is C20H24ClN3O4. The van der Waals surface area contributed by atoms with Crippen LogP contribution in [0.3, 0.4) is 0 Å². The second kappa shape index (κ2) is 6.58. The van der Waals surface area contributed by atoms with Crippen molar-refractivity contribution in [2.24, 2.45) is 16.2 Å². The van der Waals surface area contributed by atoms with Crippen LogP contribution < -0.4 is 10.9 Å². The maximum Gasteiger partial charge on any atom is 0.271 e. The Morgan fingerprint density at radius 3 is 2.04 bits per heavy atom. The summed E-state index contributed by atoms with van der Waals surface area (Å²) >= 11 is 6.00. The maximum absolute atomic E-state index is 13.0. The number of hydrogen-bond acceptors (Lipinski definition) is 4. The molecule has 2 unspecified atom stereocenters. The number of benzene rings is 1. The minimum Gasteiger partial charge on any atom is -0.285 e. The van der Waals surface area contributed by atoms with E-state index in [2.05, 4.69) is 10.9 Å². The minimum atomic E-state index is -0.984. The van der Waals surface area contributed by atoms with Crippen molar-refractivity contribution >= 4 is 35.2 Å². The third-order valence-corrected chi connectivity index (χ3v) is 6.27. The zero-order valence-corrected chi connectivity index (χ0v) is 17.1. The van der Waals surface area contributed by atoms with Crippen LogP contribution in [-0.4, -0.2) is 35.6 Å². The zero-order valence-electron chi connectivity index (χ0n) is 16.4. The number of nitrogens with one attached hydrogen (secondary N) is 2. The first-order valence-electron chi connectivity index (χ1n) is 9.10. The van der Waals surface area contributed by atoms with Crippen molar-refractivity contribution < 1.29 is 19.2 Å². The van der Waals surface area contributed by atoms with E-state index < -0.39 is 28.1 Å². The van der Waals surface area contributed by atoms with Crippen LogP contribution in [0.1, 0.15) is 50.4 Å². The molecule has 1 saturated heterocycles. The molecule has 0 radical (unpaired) electrons. The van der Waals surface area contributed by atoms with Crippen LogP contribution in [0, 0.1) is 16.2 Å². The second-order valence-corrected chi connectivity index (χ2v) is 9.18. The van der Waals surface area contributed by atoms with Crippen LogP contribution in [0.25, 0.3) is 0 Å². The number of carbonyl (C=O) groups excluding carboxylic acids is 4. The summed E-state index contributed by atoms with van der Waals surface area (Å²) in [4.78, 5) is 51.8. The first kappa shape index (κ1) is 20.3. The van der Waals surface area contributed by atoms with Crippen molar-refractivity contribution in [2.75, 3.05) is 7.05 Å². The van der Waals surface area contributed by atoms with Gasteiger partial charge in [-0.1, -0.05) is 44.5 Å². The maximum atomic E-state index is 13.0. The second-order valence-electron chi connectivity index (χ2n) is 8.77. The van der Waals surface area contributed by atoms with E-state index >= 15 is 0 Å². The molecule has 1 aliphatic heterocycles. The summed E-state index contributed by atoms with van der Waals surface area (Å²) in [6.45, 7) is 5.32. The number of nitrogens with zero attached hydrogens (tertiary/aromatic N) is 1. The van der Waals surface area contributed by atoms with Gasteiger partial charge in [-0.25, -0.2) is 0 Å². The lowest BCUT2D eigenvalue weighted by Gasteiger charge is -2.55. The highest BCUT2D eigenvalue weighted by atomic mass is 35.5. The smallest absolute Gasteiger partial charge is 0.271 e. The highest BCUT2D eigenvalue weighted by molar-refractivity contribution is 6.33. The molecule has 7 nitrogen and oxygen atoms in total. The summed E-state index contributed by atoms with van der Waals surface area (Å²) in [7, 11) is 1.49. The van der Waals surface area contributed by atoms with E-state index in [-0.39, 0.29) is 22.4 Å². The number of rotatable bonds is 2. The fourth-order valence-corrected chi connectivity index (χ4v) is 5.33. The molecule has 0 aromatic heterocycles. The molecule has 4 amide bonds. The Labute approximate surface area is 168 Å². The largest absolute Gasteiger partial charge is 0.285 e. The highest BCUT2D eigenvalue weighted by Gasteiger charge is 2.62. The lowest BCUT2D eigenvalue weighted by Crippen LogP contribution is -2.64. The normalized spacial score (nSPS) is 32.1. The molecule has 1 aliphatic carbocycles. The summed E-state index contributed by atoms with van der Waals surface area (Å²) in [5, 5.41) is 0.270. The summed E-state index contributed by atoms with van der Waals surface area (Å²) in [5.41, 5.74) is 2.46. The lowest BCUT2D eigenvalue weighted by molar-refractivity contribution is -0.178.